The minimum atomic E-state index is -3.75. The molecule has 0 unspecified atom stereocenters. The fourth-order valence-corrected chi connectivity index (χ4v) is 4.35. The molecular weight excluding hydrogens is 355 g/mol. The Morgan fingerprint density at radius 2 is 1.88 bits per heavy atom. The average molecular weight is 378 g/mol. The Morgan fingerprint density at radius 3 is 2.62 bits per heavy atom. The van der Waals surface area contributed by atoms with Crippen LogP contribution < -0.4 is 4.74 Å². The Kier molecular flexibility index (Phi) is 5.60. The summed E-state index contributed by atoms with van der Waals surface area (Å²) in [5, 5.41) is 0. The van der Waals surface area contributed by atoms with Crippen LogP contribution in [-0.4, -0.2) is 51.4 Å². The van der Waals surface area contributed by atoms with Crippen molar-refractivity contribution < 1.29 is 17.5 Å². The van der Waals surface area contributed by atoms with Gasteiger partial charge in [-0.2, -0.15) is 4.31 Å². The summed E-state index contributed by atoms with van der Waals surface area (Å²) in [6.07, 6.45) is 0.698. The van der Waals surface area contributed by atoms with Gasteiger partial charge in [0.2, 0.25) is 10.0 Å². The molecule has 0 aromatic heterocycles. The first-order chi connectivity index (χ1) is 12.4. The van der Waals surface area contributed by atoms with E-state index in [0.717, 1.165) is 11.3 Å². The van der Waals surface area contributed by atoms with Crippen molar-refractivity contribution in [3.05, 3.63) is 59.4 Å². The third-order valence-corrected chi connectivity index (χ3v) is 6.24. The third-order valence-electron chi connectivity index (χ3n) is 4.40. The summed E-state index contributed by atoms with van der Waals surface area (Å²) in [7, 11) is 0.00244. The minimum Gasteiger partial charge on any atom is -0.493 e. The number of nitrogens with zero attached hydrogens (tertiary/aromatic N) is 2. The monoisotopic (exact) mass is 378 g/mol. The van der Waals surface area contributed by atoms with E-state index in [1.807, 2.05) is 19.0 Å². The summed E-state index contributed by atoms with van der Waals surface area (Å²) >= 11 is 0. The maximum Gasteiger partial charge on any atom is 0.243 e. The standard InChI is InChI=1S/C19H23FN2O3S/c1-21(2)10-11-22(14-16-5-3-4-6-18(16)20)26(23,24)17-7-8-19-15(13-17)9-12-25-19/h3-8,13H,9-12,14H2,1-2H3. The molecule has 0 amide bonds. The molecule has 0 saturated carbocycles. The maximum absolute atomic E-state index is 14.1. The van der Waals surface area contributed by atoms with Crippen molar-refractivity contribution in [2.45, 2.75) is 17.9 Å². The first kappa shape index (κ1) is 18.8. The molecule has 26 heavy (non-hydrogen) atoms. The van der Waals surface area contributed by atoms with E-state index in [2.05, 4.69) is 0 Å². The van der Waals surface area contributed by atoms with Crippen molar-refractivity contribution in [1.82, 2.24) is 9.21 Å². The van der Waals surface area contributed by atoms with E-state index in [0.29, 0.717) is 25.1 Å². The van der Waals surface area contributed by atoms with Crippen LogP contribution in [0.3, 0.4) is 0 Å². The summed E-state index contributed by atoms with van der Waals surface area (Å²) in [6.45, 7) is 1.38. The first-order valence-electron chi connectivity index (χ1n) is 8.52. The molecule has 0 bridgehead atoms. The van der Waals surface area contributed by atoms with Crippen LogP contribution in [0.5, 0.6) is 5.75 Å². The van der Waals surface area contributed by atoms with Crippen LogP contribution in [0.4, 0.5) is 4.39 Å². The number of fused-ring (bicyclic) bond motifs is 1. The quantitative estimate of drug-likeness (QED) is 0.743. The van der Waals surface area contributed by atoms with Gasteiger partial charge in [0.1, 0.15) is 11.6 Å². The molecule has 0 radical (unpaired) electrons. The van der Waals surface area contributed by atoms with Crippen molar-refractivity contribution in [3.8, 4) is 5.75 Å². The van der Waals surface area contributed by atoms with Crippen LogP contribution in [0, 0.1) is 5.82 Å². The second kappa shape index (κ2) is 7.73. The molecular formula is C19H23FN2O3S. The first-order valence-corrected chi connectivity index (χ1v) is 9.96. The van der Waals surface area contributed by atoms with Crippen LogP contribution in [0.25, 0.3) is 0 Å². The Balaban J connectivity index is 1.92. The predicted octanol–water partition coefficient (Wildman–Crippen LogP) is 2.51. The van der Waals surface area contributed by atoms with Crippen molar-refractivity contribution in [3.63, 3.8) is 0 Å². The highest BCUT2D eigenvalue weighted by atomic mass is 32.2. The molecule has 140 valence electrons. The molecule has 1 heterocycles. The van der Waals surface area contributed by atoms with Crippen LogP contribution in [-0.2, 0) is 23.0 Å². The van der Waals surface area contributed by atoms with Crippen LogP contribution in [0.2, 0.25) is 0 Å². The van der Waals surface area contributed by atoms with Crippen molar-refractivity contribution >= 4 is 10.0 Å². The lowest BCUT2D eigenvalue weighted by Crippen LogP contribution is -2.36. The lowest BCUT2D eigenvalue weighted by atomic mass is 10.2. The topological polar surface area (TPSA) is 49.9 Å². The smallest absolute Gasteiger partial charge is 0.243 e. The molecule has 5 nitrogen and oxygen atoms in total. The van der Waals surface area contributed by atoms with E-state index < -0.39 is 15.8 Å². The number of likely N-dealkylation sites (N-methyl/N-ethyl adjacent to an activating group) is 1. The Hall–Kier alpha value is -1.96. The number of hydrogen-bond acceptors (Lipinski definition) is 4. The molecule has 0 fully saturated rings. The number of sulfonamides is 1. The van der Waals surface area contributed by atoms with Crippen molar-refractivity contribution in [1.29, 1.82) is 0 Å². The Bertz CT molecular complexity index is 884. The highest BCUT2D eigenvalue weighted by Crippen LogP contribution is 2.29. The van der Waals surface area contributed by atoms with Gasteiger partial charge in [-0.25, -0.2) is 12.8 Å². The van der Waals surface area contributed by atoms with Gasteiger partial charge in [0.15, 0.2) is 0 Å². The van der Waals surface area contributed by atoms with Gasteiger partial charge in [-0.1, -0.05) is 18.2 Å². The summed E-state index contributed by atoms with van der Waals surface area (Å²) < 4.78 is 47.3. The van der Waals surface area contributed by atoms with E-state index in [-0.39, 0.29) is 18.0 Å². The normalized spacial score (nSPS) is 13.9. The molecule has 1 aliphatic heterocycles. The zero-order valence-corrected chi connectivity index (χ0v) is 15.8. The molecule has 7 heteroatoms. The van der Waals surface area contributed by atoms with E-state index in [1.54, 1.807) is 36.4 Å². The highest BCUT2D eigenvalue weighted by molar-refractivity contribution is 7.89. The largest absolute Gasteiger partial charge is 0.493 e. The third kappa shape index (κ3) is 4.06. The van der Waals surface area contributed by atoms with Crippen molar-refractivity contribution in [2.24, 2.45) is 0 Å². The Morgan fingerprint density at radius 1 is 1.12 bits per heavy atom. The molecule has 0 N–H and O–H groups in total. The van der Waals surface area contributed by atoms with E-state index in [1.165, 1.54) is 10.4 Å². The summed E-state index contributed by atoms with van der Waals surface area (Å²) in [5.41, 5.74) is 1.25. The second-order valence-electron chi connectivity index (χ2n) is 6.60. The number of halogens is 1. The molecule has 0 atom stereocenters. The lowest BCUT2D eigenvalue weighted by Gasteiger charge is -2.24. The van der Waals surface area contributed by atoms with Crippen LogP contribution >= 0.6 is 0 Å². The van der Waals surface area contributed by atoms with Gasteiger partial charge in [-0.15, -0.1) is 0 Å². The van der Waals surface area contributed by atoms with Crippen LogP contribution in [0.1, 0.15) is 11.1 Å². The zero-order chi connectivity index (χ0) is 18.7. The number of hydrogen-bond donors (Lipinski definition) is 0. The summed E-state index contributed by atoms with van der Waals surface area (Å²) in [5.74, 6) is 0.331. The molecule has 2 aromatic carbocycles. The van der Waals surface area contributed by atoms with Gasteiger partial charge in [0, 0.05) is 31.6 Å². The number of ether oxygens (including phenoxy) is 1. The molecule has 0 saturated heterocycles. The SMILES string of the molecule is CN(C)CCN(Cc1ccccc1F)S(=O)(=O)c1ccc2c(c1)CCO2. The summed E-state index contributed by atoms with van der Waals surface area (Å²) in [6, 6.07) is 11.2. The van der Waals surface area contributed by atoms with Gasteiger partial charge in [-0.3, -0.25) is 0 Å². The molecule has 3 rings (SSSR count). The minimum absolute atomic E-state index is 0.00354. The fraction of sp³-hybridized carbons (Fsp3) is 0.368. The van der Waals surface area contributed by atoms with Gasteiger partial charge in [0.05, 0.1) is 11.5 Å². The van der Waals surface area contributed by atoms with E-state index in [9.17, 15) is 12.8 Å². The maximum atomic E-state index is 14.1. The van der Waals surface area contributed by atoms with E-state index >= 15 is 0 Å². The molecule has 2 aromatic rings. The Labute approximate surface area is 154 Å². The number of rotatable bonds is 7. The fourth-order valence-electron chi connectivity index (χ4n) is 2.88. The van der Waals surface area contributed by atoms with Crippen molar-refractivity contribution in [2.75, 3.05) is 33.8 Å². The molecule has 0 spiro atoms. The average Bonchev–Trinajstić information content (AvgIpc) is 3.07. The van der Waals surface area contributed by atoms with E-state index in [4.69, 9.17) is 4.74 Å². The van der Waals surface area contributed by atoms with Gasteiger partial charge >= 0.3 is 0 Å². The predicted molar refractivity (Wildman–Crippen MR) is 98.2 cm³/mol. The molecule has 1 aliphatic rings. The van der Waals surface area contributed by atoms with Gasteiger partial charge in [-0.05, 0) is 43.9 Å². The molecule has 0 aliphatic carbocycles. The zero-order valence-electron chi connectivity index (χ0n) is 15.0. The number of benzene rings is 2. The van der Waals surface area contributed by atoms with Crippen LogP contribution in [0.15, 0.2) is 47.4 Å². The van der Waals surface area contributed by atoms with Gasteiger partial charge < -0.3 is 9.64 Å². The lowest BCUT2D eigenvalue weighted by molar-refractivity contribution is 0.326. The summed E-state index contributed by atoms with van der Waals surface area (Å²) in [4.78, 5) is 2.12. The highest BCUT2D eigenvalue weighted by Gasteiger charge is 2.27. The van der Waals surface area contributed by atoms with Gasteiger partial charge in [0.25, 0.3) is 0 Å². The second-order valence-corrected chi connectivity index (χ2v) is 8.54.